The average molecular weight is 484 g/mol. The standard InChI is InChI=1S/C25H26ClN3O5/c1-16-13-21(17(2)29(16)12-11-18-5-8-20(26)9-6-18)22(30)15-34-23(31)10-7-19-14-27(3)25(33)28(4)24(19)32/h5-10,13-14H,11-12,15H2,1-4H3/b10-7+. The van der Waals surface area contributed by atoms with Gasteiger partial charge in [-0.3, -0.25) is 14.2 Å². The summed E-state index contributed by atoms with van der Waals surface area (Å²) in [6.45, 7) is 4.06. The Bertz CT molecular complexity index is 1380. The monoisotopic (exact) mass is 483 g/mol. The molecule has 0 bridgehead atoms. The Morgan fingerprint density at radius 1 is 1.09 bits per heavy atom. The number of Topliss-reactive ketones (excluding diaryl/α,β-unsaturated/α-hetero) is 1. The second-order valence-electron chi connectivity index (χ2n) is 8.02. The first-order valence-electron chi connectivity index (χ1n) is 10.6. The summed E-state index contributed by atoms with van der Waals surface area (Å²) in [4.78, 5) is 48.6. The molecular formula is C25H26ClN3O5. The van der Waals surface area contributed by atoms with Crippen LogP contribution in [0.1, 0.15) is 32.9 Å². The van der Waals surface area contributed by atoms with Crippen molar-refractivity contribution in [2.75, 3.05) is 6.61 Å². The molecule has 0 spiro atoms. The highest BCUT2D eigenvalue weighted by molar-refractivity contribution is 6.30. The lowest BCUT2D eigenvalue weighted by molar-refractivity contribution is -0.136. The molecule has 0 aliphatic carbocycles. The molecule has 0 saturated heterocycles. The summed E-state index contributed by atoms with van der Waals surface area (Å²) >= 11 is 5.94. The molecule has 3 aromatic rings. The van der Waals surface area contributed by atoms with E-state index in [4.69, 9.17) is 16.3 Å². The third kappa shape index (κ3) is 5.63. The Balaban J connectivity index is 1.62. The van der Waals surface area contributed by atoms with Gasteiger partial charge in [0.25, 0.3) is 5.56 Å². The molecule has 0 atom stereocenters. The zero-order chi connectivity index (χ0) is 25.0. The topological polar surface area (TPSA) is 92.3 Å². The van der Waals surface area contributed by atoms with Gasteiger partial charge in [0.15, 0.2) is 6.61 Å². The number of nitrogens with zero attached hydrogens (tertiary/aromatic N) is 3. The summed E-state index contributed by atoms with van der Waals surface area (Å²) in [5.41, 5.74) is 2.52. The fourth-order valence-corrected chi connectivity index (χ4v) is 3.82. The number of ether oxygens (including phenoxy) is 1. The lowest BCUT2D eigenvalue weighted by atomic mass is 10.1. The van der Waals surface area contributed by atoms with Gasteiger partial charge in [-0.15, -0.1) is 0 Å². The van der Waals surface area contributed by atoms with Gasteiger partial charge < -0.3 is 13.9 Å². The number of hydrogen-bond donors (Lipinski definition) is 0. The maximum absolute atomic E-state index is 12.7. The van der Waals surface area contributed by atoms with E-state index >= 15 is 0 Å². The summed E-state index contributed by atoms with van der Waals surface area (Å²) < 4.78 is 9.31. The first-order valence-corrected chi connectivity index (χ1v) is 11.0. The largest absolute Gasteiger partial charge is 0.454 e. The maximum atomic E-state index is 12.7. The van der Waals surface area contributed by atoms with E-state index in [2.05, 4.69) is 4.57 Å². The second kappa shape index (κ2) is 10.5. The second-order valence-corrected chi connectivity index (χ2v) is 8.46. The van der Waals surface area contributed by atoms with E-state index in [1.54, 1.807) is 6.07 Å². The molecule has 3 rings (SSSR count). The number of aryl methyl sites for hydroxylation is 3. The number of aromatic nitrogens is 3. The number of benzene rings is 1. The molecule has 0 aliphatic rings. The van der Waals surface area contributed by atoms with Crippen LogP contribution in [0.3, 0.4) is 0 Å². The van der Waals surface area contributed by atoms with Crippen molar-refractivity contribution in [2.24, 2.45) is 14.1 Å². The van der Waals surface area contributed by atoms with Gasteiger partial charge in [-0.2, -0.15) is 0 Å². The highest BCUT2D eigenvalue weighted by atomic mass is 35.5. The number of halogens is 1. The number of hydrogen-bond acceptors (Lipinski definition) is 5. The Kier molecular flexibility index (Phi) is 7.73. The lowest BCUT2D eigenvalue weighted by Crippen LogP contribution is -2.37. The van der Waals surface area contributed by atoms with Gasteiger partial charge >= 0.3 is 11.7 Å². The molecule has 0 N–H and O–H groups in total. The summed E-state index contributed by atoms with van der Waals surface area (Å²) in [5.74, 6) is -1.08. The van der Waals surface area contributed by atoms with Gasteiger partial charge in [-0.05, 0) is 50.1 Å². The van der Waals surface area contributed by atoms with Crippen LogP contribution in [0.4, 0.5) is 0 Å². The third-order valence-electron chi connectivity index (χ3n) is 5.63. The minimum atomic E-state index is -0.763. The number of rotatable bonds is 8. The van der Waals surface area contributed by atoms with Crippen LogP contribution in [0.5, 0.6) is 0 Å². The summed E-state index contributed by atoms with van der Waals surface area (Å²) in [6.07, 6.45) is 4.44. The normalized spacial score (nSPS) is 11.2. The van der Waals surface area contributed by atoms with Crippen molar-refractivity contribution >= 4 is 29.4 Å². The number of carbonyl (C=O) groups is 2. The molecule has 34 heavy (non-hydrogen) atoms. The molecule has 0 unspecified atom stereocenters. The minimum Gasteiger partial charge on any atom is -0.454 e. The van der Waals surface area contributed by atoms with E-state index in [9.17, 15) is 19.2 Å². The molecule has 9 heteroatoms. The van der Waals surface area contributed by atoms with Crippen LogP contribution in [-0.2, 0) is 36.6 Å². The molecule has 2 aromatic heterocycles. The van der Waals surface area contributed by atoms with E-state index in [-0.39, 0.29) is 11.3 Å². The fourth-order valence-electron chi connectivity index (χ4n) is 3.69. The first kappa shape index (κ1) is 25.0. The Hall–Kier alpha value is -3.65. The molecule has 8 nitrogen and oxygen atoms in total. The van der Waals surface area contributed by atoms with E-state index < -0.39 is 23.8 Å². The van der Waals surface area contributed by atoms with Crippen molar-refractivity contribution in [3.05, 3.63) is 96.5 Å². The predicted molar refractivity (Wildman–Crippen MR) is 130 cm³/mol. The van der Waals surface area contributed by atoms with Crippen molar-refractivity contribution in [1.82, 2.24) is 13.7 Å². The molecule has 0 amide bonds. The highest BCUT2D eigenvalue weighted by Crippen LogP contribution is 2.18. The molecule has 0 saturated carbocycles. The highest BCUT2D eigenvalue weighted by Gasteiger charge is 2.17. The molecule has 0 fully saturated rings. The SMILES string of the molecule is Cc1cc(C(=O)COC(=O)/C=C/c2cn(C)c(=O)n(C)c2=O)c(C)n1CCc1ccc(Cl)cc1. The van der Waals surface area contributed by atoms with Gasteiger partial charge in [0, 0.05) is 54.9 Å². The molecule has 2 heterocycles. The van der Waals surface area contributed by atoms with Crippen molar-refractivity contribution in [1.29, 1.82) is 0 Å². The maximum Gasteiger partial charge on any atom is 0.331 e. The van der Waals surface area contributed by atoms with Gasteiger partial charge in [0.05, 0.1) is 5.56 Å². The van der Waals surface area contributed by atoms with Crippen LogP contribution in [0, 0.1) is 13.8 Å². The van der Waals surface area contributed by atoms with Crippen LogP contribution < -0.4 is 11.2 Å². The number of ketones is 1. The van der Waals surface area contributed by atoms with Crippen LogP contribution >= 0.6 is 11.6 Å². The Labute approximate surface area is 201 Å². The van der Waals surface area contributed by atoms with Crippen LogP contribution in [0.25, 0.3) is 6.08 Å². The van der Waals surface area contributed by atoms with E-state index in [1.165, 1.54) is 30.9 Å². The van der Waals surface area contributed by atoms with Gasteiger partial charge in [0.2, 0.25) is 5.78 Å². The van der Waals surface area contributed by atoms with Crippen molar-refractivity contribution in [3.63, 3.8) is 0 Å². The first-order chi connectivity index (χ1) is 16.1. The lowest BCUT2D eigenvalue weighted by Gasteiger charge is -2.10. The zero-order valence-corrected chi connectivity index (χ0v) is 20.3. The third-order valence-corrected chi connectivity index (χ3v) is 5.88. The molecule has 0 radical (unpaired) electrons. The minimum absolute atomic E-state index is 0.150. The molecular weight excluding hydrogens is 458 g/mol. The summed E-state index contributed by atoms with van der Waals surface area (Å²) in [5, 5.41) is 0.686. The van der Waals surface area contributed by atoms with E-state index in [0.717, 1.165) is 34.0 Å². The Morgan fingerprint density at radius 2 is 1.76 bits per heavy atom. The van der Waals surface area contributed by atoms with Gasteiger partial charge in [-0.1, -0.05) is 23.7 Å². The number of esters is 1. The van der Waals surface area contributed by atoms with Crippen LogP contribution in [-0.4, -0.2) is 32.1 Å². The molecule has 1 aromatic carbocycles. The molecule has 0 aliphatic heterocycles. The predicted octanol–water partition coefficient (Wildman–Crippen LogP) is 2.84. The quantitative estimate of drug-likeness (QED) is 0.279. The van der Waals surface area contributed by atoms with E-state index in [1.807, 2.05) is 38.1 Å². The van der Waals surface area contributed by atoms with Crippen LogP contribution in [0.15, 0.2) is 52.2 Å². The molecule has 178 valence electrons. The zero-order valence-electron chi connectivity index (χ0n) is 19.5. The van der Waals surface area contributed by atoms with E-state index in [0.29, 0.717) is 17.1 Å². The summed E-state index contributed by atoms with van der Waals surface area (Å²) in [7, 11) is 2.85. The van der Waals surface area contributed by atoms with Crippen molar-refractivity contribution < 1.29 is 14.3 Å². The Morgan fingerprint density at radius 3 is 2.44 bits per heavy atom. The van der Waals surface area contributed by atoms with Crippen LogP contribution in [0.2, 0.25) is 5.02 Å². The fraction of sp³-hybridized carbons (Fsp3) is 0.280. The van der Waals surface area contributed by atoms with Crippen molar-refractivity contribution in [3.8, 4) is 0 Å². The van der Waals surface area contributed by atoms with Crippen molar-refractivity contribution in [2.45, 2.75) is 26.8 Å². The average Bonchev–Trinajstić information content (AvgIpc) is 3.10. The number of carbonyl (C=O) groups excluding carboxylic acids is 2. The smallest absolute Gasteiger partial charge is 0.331 e. The van der Waals surface area contributed by atoms with Gasteiger partial charge in [-0.25, -0.2) is 9.59 Å². The summed E-state index contributed by atoms with van der Waals surface area (Å²) in [6, 6.07) is 9.43. The van der Waals surface area contributed by atoms with Gasteiger partial charge in [0.1, 0.15) is 0 Å².